The zero-order valence-electron chi connectivity index (χ0n) is 15.6. The van der Waals surface area contributed by atoms with E-state index in [1.165, 1.54) is 6.92 Å². The van der Waals surface area contributed by atoms with E-state index >= 15 is 0 Å². The number of benzene rings is 2. The zero-order valence-corrected chi connectivity index (χ0v) is 15.6. The molecule has 0 unspecified atom stereocenters. The Labute approximate surface area is 159 Å². The fourth-order valence-electron chi connectivity index (χ4n) is 3.01. The summed E-state index contributed by atoms with van der Waals surface area (Å²) in [7, 11) is 1.72. The van der Waals surface area contributed by atoms with E-state index in [4.69, 9.17) is 4.52 Å². The average molecular weight is 375 g/mol. The molecular weight excluding hydrogens is 358 g/mol. The number of aryl methyl sites for hydroxylation is 2. The predicted octanol–water partition coefficient (Wildman–Crippen LogP) is 2.92. The van der Waals surface area contributed by atoms with Gasteiger partial charge in [0.2, 0.25) is 11.7 Å². The van der Waals surface area contributed by atoms with Crippen LogP contribution >= 0.6 is 0 Å². The van der Waals surface area contributed by atoms with E-state index in [0.29, 0.717) is 34.2 Å². The third-order valence-corrected chi connectivity index (χ3v) is 4.35. The van der Waals surface area contributed by atoms with Crippen LogP contribution in [0.25, 0.3) is 33.9 Å². The Hall–Kier alpha value is -3.81. The van der Waals surface area contributed by atoms with E-state index in [1.807, 2.05) is 24.3 Å². The highest BCUT2D eigenvalue weighted by Gasteiger charge is 2.13. The van der Waals surface area contributed by atoms with Gasteiger partial charge in [-0.1, -0.05) is 11.2 Å². The van der Waals surface area contributed by atoms with Gasteiger partial charge in [-0.25, -0.2) is 4.98 Å². The lowest BCUT2D eigenvalue weighted by molar-refractivity contribution is -0.114. The van der Waals surface area contributed by atoms with Gasteiger partial charge in [0.15, 0.2) is 0 Å². The summed E-state index contributed by atoms with van der Waals surface area (Å²) in [5.74, 6) is 0.596. The molecule has 0 atom stereocenters. The lowest BCUT2D eigenvalue weighted by Gasteiger charge is -2.06. The second-order valence-corrected chi connectivity index (χ2v) is 6.45. The highest BCUT2D eigenvalue weighted by molar-refractivity contribution is 5.89. The van der Waals surface area contributed by atoms with Gasteiger partial charge in [0, 0.05) is 30.8 Å². The smallest absolute Gasteiger partial charge is 0.272 e. The molecule has 2 heterocycles. The number of rotatable bonds is 3. The number of amides is 1. The van der Waals surface area contributed by atoms with Gasteiger partial charge < -0.3 is 14.4 Å². The Morgan fingerprint density at radius 2 is 1.93 bits per heavy atom. The lowest BCUT2D eigenvalue weighted by atomic mass is 10.1. The predicted molar refractivity (Wildman–Crippen MR) is 105 cm³/mol. The Morgan fingerprint density at radius 3 is 2.71 bits per heavy atom. The number of fused-ring (bicyclic) bond motifs is 1. The fourth-order valence-corrected chi connectivity index (χ4v) is 3.01. The SMILES string of the molecule is CC(=O)Nc1cccc(-c2nc(-c3ccc4c(c3)nc(C)c(=O)n4C)no2)c1. The first kappa shape index (κ1) is 17.6. The normalized spacial score (nSPS) is 11.0. The standard InChI is InChI=1S/C20H17N5O3/c1-11-20(27)25(3)17-8-7-13(10-16(17)21-11)18-23-19(28-24-18)14-5-4-6-15(9-14)22-12(2)26/h4-10H,1-3H3,(H,22,26). The number of anilines is 1. The minimum absolute atomic E-state index is 0.124. The van der Waals surface area contributed by atoms with Crippen LogP contribution in [0, 0.1) is 6.92 Å². The van der Waals surface area contributed by atoms with E-state index in [0.717, 1.165) is 11.1 Å². The van der Waals surface area contributed by atoms with Crippen molar-refractivity contribution in [1.82, 2.24) is 19.7 Å². The second-order valence-electron chi connectivity index (χ2n) is 6.45. The van der Waals surface area contributed by atoms with Crippen molar-refractivity contribution >= 4 is 22.6 Å². The molecule has 8 heteroatoms. The van der Waals surface area contributed by atoms with Gasteiger partial charge in [-0.05, 0) is 43.3 Å². The second kappa shape index (κ2) is 6.73. The molecular formula is C20H17N5O3. The zero-order chi connectivity index (χ0) is 19.8. The molecule has 2 aromatic heterocycles. The molecule has 0 aliphatic carbocycles. The van der Waals surface area contributed by atoms with Crippen molar-refractivity contribution in [3.63, 3.8) is 0 Å². The summed E-state index contributed by atoms with van der Waals surface area (Å²) in [5.41, 5.74) is 3.78. The molecule has 0 radical (unpaired) electrons. The number of hydrogen-bond donors (Lipinski definition) is 1. The van der Waals surface area contributed by atoms with E-state index in [9.17, 15) is 9.59 Å². The van der Waals surface area contributed by atoms with Gasteiger partial charge in [0.05, 0.1) is 11.0 Å². The maximum absolute atomic E-state index is 12.0. The number of carbonyl (C=O) groups excluding carboxylic acids is 1. The molecule has 0 saturated heterocycles. The summed E-state index contributed by atoms with van der Waals surface area (Å²) in [6, 6.07) is 12.6. The van der Waals surface area contributed by atoms with Gasteiger partial charge >= 0.3 is 0 Å². The van der Waals surface area contributed by atoms with E-state index < -0.39 is 0 Å². The van der Waals surface area contributed by atoms with Crippen molar-refractivity contribution in [2.45, 2.75) is 13.8 Å². The van der Waals surface area contributed by atoms with Crippen LogP contribution in [0.2, 0.25) is 0 Å². The fraction of sp³-hybridized carbons (Fsp3) is 0.150. The van der Waals surface area contributed by atoms with Crippen molar-refractivity contribution in [3.8, 4) is 22.8 Å². The minimum atomic E-state index is -0.156. The van der Waals surface area contributed by atoms with Crippen molar-refractivity contribution < 1.29 is 9.32 Å². The number of aromatic nitrogens is 4. The Bertz CT molecular complexity index is 1270. The van der Waals surface area contributed by atoms with Crippen LogP contribution in [0.15, 0.2) is 51.8 Å². The molecule has 0 saturated carbocycles. The molecule has 1 amide bonds. The molecule has 2 aromatic carbocycles. The molecule has 0 spiro atoms. The van der Waals surface area contributed by atoms with Gasteiger partial charge in [-0.15, -0.1) is 0 Å². The molecule has 4 aromatic rings. The Morgan fingerprint density at radius 1 is 1.11 bits per heavy atom. The molecule has 0 bridgehead atoms. The first-order chi connectivity index (χ1) is 13.4. The van der Waals surface area contributed by atoms with Crippen LogP contribution in [0.4, 0.5) is 5.69 Å². The topological polar surface area (TPSA) is 103 Å². The number of carbonyl (C=O) groups is 1. The van der Waals surface area contributed by atoms with Gasteiger partial charge in [0.1, 0.15) is 5.69 Å². The van der Waals surface area contributed by atoms with Crippen LogP contribution in [-0.4, -0.2) is 25.6 Å². The largest absolute Gasteiger partial charge is 0.334 e. The Kier molecular flexibility index (Phi) is 4.23. The lowest BCUT2D eigenvalue weighted by Crippen LogP contribution is -2.20. The number of nitrogens with one attached hydrogen (secondary N) is 1. The molecule has 0 fully saturated rings. The first-order valence-corrected chi connectivity index (χ1v) is 8.62. The van der Waals surface area contributed by atoms with Gasteiger partial charge in [-0.2, -0.15) is 4.98 Å². The van der Waals surface area contributed by atoms with Crippen molar-refractivity contribution in [2.24, 2.45) is 7.05 Å². The molecule has 140 valence electrons. The molecule has 28 heavy (non-hydrogen) atoms. The summed E-state index contributed by atoms with van der Waals surface area (Å²) in [5, 5.41) is 6.78. The molecule has 0 aliphatic heterocycles. The molecule has 4 rings (SSSR count). The molecule has 1 N–H and O–H groups in total. The van der Waals surface area contributed by atoms with Crippen LogP contribution in [0.5, 0.6) is 0 Å². The summed E-state index contributed by atoms with van der Waals surface area (Å²) >= 11 is 0. The maximum atomic E-state index is 12.0. The van der Waals surface area contributed by atoms with Crippen LogP contribution in [-0.2, 0) is 11.8 Å². The number of hydrogen-bond acceptors (Lipinski definition) is 6. The summed E-state index contributed by atoms with van der Waals surface area (Å²) < 4.78 is 6.96. The van der Waals surface area contributed by atoms with Crippen molar-refractivity contribution in [1.29, 1.82) is 0 Å². The van der Waals surface area contributed by atoms with E-state index in [-0.39, 0.29) is 11.5 Å². The van der Waals surface area contributed by atoms with Crippen molar-refractivity contribution in [3.05, 3.63) is 58.5 Å². The third-order valence-electron chi connectivity index (χ3n) is 4.35. The Balaban J connectivity index is 1.72. The number of nitrogens with zero attached hydrogens (tertiary/aromatic N) is 4. The van der Waals surface area contributed by atoms with Gasteiger partial charge in [0.25, 0.3) is 11.4 Å². The monoisotopic (exact) mass is 375 g/mol. The first-order valence-electron chi connectivity index (χ1n) is 8.62. The third kappa shape index (κ3) is 3.16. The molecule has 0 aliphatic rings. The maximum Gasteiger partial charge on any atom is 0.272 e. The van der Waals surface area contributed by atoms with Crippen LogP contribution < -0.4 is 10.9 Å². The van der Waals surface area contributed by atoms with Gasteiger partial charge in [-0.3, -0.25) is 9.59 Å². The molecule has 8 nitrogen and oxygen atoms in total. The summed E-state index contributed by atoms with van der Waals surface area (Å²) in [4.78, 5) is 32.1. The van der Waals surface area contributed by atoms with Crippen molar-refractivity contribution in [2.75, 3.05) is 5.32 Å². The minimum Gasteiger partial charge on any atom is -0.334 e. The summed E-state index contributed by atoms with van der Waals surface area (Å²) in [6.07, 6.45) is 0. The van der Waals surface area contributed by atoms with Crippen LogP contribution in [0.3, 0.4) is 0 Å². The quantitative estimate of drug-likeness (QED) is 0.591. The van der Waals surface area contributed by atoms with Crippen LogP contribution in [0.1, 0.15) is 12.6 Å². The van der Waals surface area contributed by atoms with E-state index in [1.54, 1.807) is 36.7 Å². The van der Waals surface area contributed by atoms with E-state index in [2.05, 4.69) is 20.4 Å². The summed E-state index contributed by atoms with van der Waals surface area (Å²) in [6.45, 7) is 3.13. The highest BCUT2D eigenvalue weighted by atomic mass is 16.5. The average Bonchev–Trinajstić information content (AvgIpc) is 3.16. The highest BCUT2D eigenvalue weighted by Crippen LogP contribution is 2.26.